The fourth-order valence-electron chi connectivity index (χ4n) is 4.13. The van der Waals surface area contributed by atoms with E-state index in [1.54, 1.807) is 0 Å². The lowest BCUT2D eigenvalue weighted by Crippen LogP contribution is -1.97. The van der Waals surface area contributed by atoms with E-state index < -0.39 is 0 Å². The molecule has 0 saturated heterocycles. The Labute approximate surface area is 188 Å². The van der Waals surface area contributed by atoms with Crippen molar-refractivity contribution in [1.29, 1.82) is 0 Å². The van der Waals surface area contributed by atoms with Crippen molar-refractivity contribution in [2.45, 2.75) is 41.5 Å². The molecule has 0 aliphatic heterocycles. The molecule has 0 atom stereocenters. The van der Waals surface area contributed by atoms with Gasteiger partial charge in [0.2, 0.25) is 0 Å². The zero-order valence-corrected chi connectivity index (χ0v) is 19.9. The monoisotopic (exact) mass is 409 g/mol. The quantitative estimate of drug-likeness (QED) is 0.358. The zero-order valence-electron chi connectivity index (χ0n) is 19.9. The van der Waals surface area contributed by atoms with Crippen LogP contribution in [0.1, 0.15) is 57.0 Å². The Morgan fingerprint density at radius 2 is 1.61 bits per heavy atom. The second-order valence-electron chi connectivity index (χ2n) is 7.10. The van der Waals surface area contributed by atoms with Gasteiger partial charge in [-0.1, -0.05) is 87.7 Å². The Morgan fingerprint density at radius 1 is 0.935 bits per heavy atom. The van der Waals surface area contributed by atoms with Crippen LogP contribution in [0.15, 0.2) is 85.5 Å². The van der Waals surface area contributed by atoms with Gasteiger partial charge in [-0.2, -0.15) is 0 Å². The van der Waals surface area contributed by atoms with Crippen LogP contribution in [-0.4, -0.2) is 4.57 Å². The molecule has 1 heteroatoms. The minimum absolute atomic E-state index is 1.15. The number of hydrogen-bond donors (Lipinski definition) is 0. The van der Waals surface area contributed by atoms with Crippen LogP contribution in [0.2, 0.25) is 0 Å². The van der Waals surface area contributed by atoms with Crippen LogP contribution in [0.3, 0.4) is 0 Å². The topological polar surface area (TPSA) is 4.93 Å². The molecule has 2 aromatic carbocycles. The number of para-hydroxylation sites is 1. The molecule has 0 aliphatic carbocycles. The molecule has 0 bridgehead atoms. The molecule has 0 fully saturated rings. The fourth-order valence-corrected chi connectivity index (χ4v) is 4.13. The molecule has 1 heterocycles. The molecule has 0 unspecified atom stereocenters. The third-order valence-electron chi connectivity index (χ3n) is 5.33. The summed E-state index contributed by atoms with van der Waals surface area (Å²) in [5.41, 5.74) is 9.43. The first-order chi connectivity index (χ1) is 15.1. The normalized spacial score (nSPS) is 12.1. The maximum absolute atomic E-state index is 4.14. The third-order valence-corrected chi connectivity index (χ3v) is 5.33. The molecule has 0 spiro atoms. The van der Waals surface area contributed by atoms with E-state index in [9.17, 15) is 0 Å². The van der Waals surface area contributed by atoms with Crippen molar-refractivity contribution in [1.82, 2.24) is 4.57 Å². The van der Waals surface area contributed by atoms with E-state index in [4.69, 9.17) is 0 Å². The van der Waals surface area contributed by atoms with Gasteiger partial charge in [0.1, 0.15) is 0 Å². The van der Waals surface area contributed by atoms with Gasteiger partial charge in [-0.3, -0.25) is 0 Å². The van der Waals surface area contributed by atoms with E-state index in [0.717, 1.165) is 16.8 Å². The number of fused-ring (bicyclic) bond motifs is 1. The predicted molar refractivity (Wildman–Crippen MR) is 142 cm³/mol. The number of nitrogens with zero attached hydrogens (tertiary/aromatic N) is 1. The molecule has 31 heavy (non-hydrogen) atoms. The van der Waals surface area contributed by atoms with E-state index in [-0.39, 0.29) is 0 Å². The maximum atomic E-state index is 4.14. The third kappa shape index (κ3) is 4.56. The van der Waals surface area contributed by atoms with Crippen LogP contribution in [0.4, 0.5) is 0 Å². The highest BCUT2D eigenvalue weighted by molar-refractivity contribution is 6.05. The van der Waals surface area contributed by atoms with Crippen molar-refractivity contribution < 1.29 is 0 Å². The number of rotatable bonds is 6. The van der Waals surface area contributed by atoms with E-state index in [2.05, 4.69) is 98.3 Å². The van der Waals surface area contributed by atoms with E-state index in [1.165, 1.54) is 33.3 Å². The van der Waals surface area contributed by atoms with E-state index in [1.807, 2.05) is 39.8 Å². The summed E-state index contributed by atoms with van der Waals surface area (Å²) in [5, 5.41) is 1.22. The molecule has 1 nitrogen and oxygen atoms in total. The van der Waals surface area contributed by atoms with Gasteiger partial charge in [-0.15, -0.1) is 0 Å². The Kier molecular flexibility index (Phi) is 8.63. The van der Waals surface area contributed by atoms with Gasteiger partial charge < -0.3 is 4.57 Å². The first-order valence-corrected chi connectivity index (χ1v) is 11.0. The lowest BCUT2D eigenvalue weighted by atomic mass is 9.93. The molecule has 1 aromatic heterocycles. The fraction of sp³-hybridized carbons (Fsp3) is 0.200. The van der Waals surface area contributed by atoms with Gasteiger partial charge in [0.25, 0.3) is 0 Å². The first kappa shape index (κ1) is 24.0. The van der Waals surface area contributed by atoms with Crippen molar-refractivity contribution in [2.24, 2.45) is 0 Å². The molecular weight excluding hydrogens is 374 g/mol. The molecule has 0 radical (unpaired) electrons. The summed E-state index contributed by atoms with van der Waals surface area (Å²) in [6, 6.07) is 14.9. The summed E-state index contributed by atoms with van der Waals surface area (Å²) in [6.07, 6.45) is 12.4. The largest absolute Gasteiger partial charge is 0.313 e. The maximum Gasteiger partial charge on any atom is 0.0544 e. The molecule has 0 saturated carbocycles. The van der Waals surface area contributed by atoms with Crippen LogP contribution in [0.5, 0.6) is 0 Å². The summed E-state index contributed by atoms with van der Waals surface area (Å²) in [4.78, 5) is 0. The molecule has 3 aromatic rings. The van der Waals surface area contributed by atoms with Crippen molar-refractivity contribution in [3.05, 3.63) is 108 Å². The zero-order chi connectivity index (χ0) is 23.0. The van der Waals surface area contributed by atoms with E-state index >= 15 is 0 Å². The first-order valence-electron chi connectivity index (χ1n) is 11.0. The second-order valence-corrected chi connectivity index (χ2v) is 7.10. The van der Waals surface area contributed by atoms with E-state index in [0.29, 0.717) is 0 Å². The smallest absolute Gasteiger partial charge is 0.0544 e. The minimum atomic E-state index is 1.15. The number of aromatic nitrogens is 1. The Balaban J connectivity index is 0.00000166. The van der Waals surface area contributed by atoms with Gasteiger partial charge in [0.15, 0.2) is 0 Å². The summed E-state index contributed by atoms with van der Waals surface area (Å²) in [7, 11) is 0. The molecule has 3 rings (SSSR count). The summed E-state index contributed by atoms with van der Waals surface area (Å²) < 4.78 is 2.34. The summed E-state index contributed by atoms with van der Waals surface area (Å²) >= 11 is 0. The lowest BCUT2D eigenvalue weighted by Gasteiger charge is -2.10. The number of benzene rings is 2. The molecule has 0 N–H and O–H groups in total. The highest BCUT2D eigenvalue weighted by atomic mass is 15.0. The lowest BCUT2D eigenvalue weighted by molar-refractivity contribution is 1.05. The molecule has 0 aliphatic rings. The van der Waals surface area contributed by atoms with Gasteiger partial charge in [0.05, 0.1) is 5.52 Å². The highest BCUT2D eigenvalue weighted by Crippen LogP contribution is 2.39. The van der Waals surface area contributed by atoms with Crippen molar-refractivity contribution in [2.75, 3.05) is 0 Å². The number of hydrogen-bond acceptors (Lipinski definition) is 0. The standard InChI is InChI=1S/C28H29N.C2H6/c1-7-14-20(5)24(9-3)27-21(6)29(23-16-12-11-13-17-23)26-19-18-22(15-8-2)25(10-4)28(26)27;1-2/h7-19H,3-4H2,1-2,5-6H3;1-2H3/b14-7-,15-8-,24-20+;. The Morgan fingerprint density at radius 3 is 2.16 bits per heavy atom. The van der Waals surface area contributed by atoms with Crippen LogP contribution >= 0.6 is 0 Å². The average molecular weight is 410 g/mol. The van der Waals surface area contributed by atoms with Crippen molar-refractivity contribution in [3.63, 3.8) is 0 Å². The molecule has 0 amide bonds. The van der Waals surface area contributed by atoms with Gasteiger partial charge >= 0.3 is 0 Å². The molecular formula is C30H35N. The molecule has 160 valence electrons. The average Bonchev–Trinajstić information content (AvgIpc) is 3.09. The van der Waals surface area contributed by atoms with Gasteiger partial charge in [-0.25, -0.2) is 0 Å². The SMILES string of the molecule is C=C/C(=C(C)\C=C/C)c1c(C)n(-c2ccccc2)c2ccc(/C=C\C)c(C=C)c12.CC. The van der Waals surface area contributed by atoms with Crippen LogP contribution in [0, 0.1) is 6.92 Å². The second kappa shape index (κ2) is 11.2. The Bertz CT molecular complexity index is 1150. The van der Waals surface area contributed by atoms with Crippen LogP contribution < -0.4 is 0 Å². The van der Waals surface area contributed by atoms with Crippen LogP contribution in [-0.2, 0) is 0 Å². The predicted octanol–water partition coefficient (Wildman–Crippen LogP) is 9.18. The van der Waals surface area contributed by atoms with Crippen molar-refractivity contribution in [3.8, 4) is 5.69 Å². The Hall–Kier alpha value is -3.32. The van der Waals surface area contributed by atoms with Gasteiger partial charge in [-0.05, 0) is 68.2 Å². The van der Waals surface area contributed by atoms with Gasteiger partial charge in [0, 0.05) is 22.3 Å². The minimum Gasteiger partial charge on any atom is -0.313 e. The highest BCUT2D eigenvalue weighted by Gasteiger charge is 2.21. The number of allylic oxidation sites excluding steroid dienone is 6. The summed E-state index contributed by atoms with van der Waals surface area (Å²) in [5.74, 6) is 0. The van der Waals surface area contributed by atoms with Crippen LogP contribution in [0.25, 0.3) is 34.3 Å². The summed E-state index contributed by atoms with van der Waals surface area (Å²) in [6.45, 7) is 20.7. The van der Waals surface area contributed by atoms with Crippen molar-refractivity contribution >= 4 is 28.6 Å².